The van der Waals surface area contributed by atoms with Gasteiger partial charge in [-0.3, -0.25) is 19.3 Å². The van der Waals surface area contributed by atoms with Gasteiger partial charge in [0, 0.05) is 11.8 Å². The molecule has 0 spiro atoms. The summed E-state index contributed by atoms with van der Waals surface area (Å²) in [7, 11) is 0. The highest BCUT2D eigenvalue weighted by Gasteiger charge is 2.54. The van der Waals surface area contributed by atoms with Crippen LogP contribution >= 0.6 is 0 Å². The summed E-state index contributed by atoms with van der Waals surface area (Å²) in [5.41, 5.74) is -0.966. The molecule has 7 heteroatoms. The maximum Gasteiger partial charge on any atom is 0.311 e. The molecule has 2 rings (SSSR count). The molecule has 1 aliphatic heterocycles. The van der Waals surface area contributed by atoms with E-state index in [1.165, 1.54) is 4.90 Å². The predicted octanol–water partition coefficient (Wildman–Crippen LogP) is 7.52. The maximum atomic E-state index is 12.4. The third kappa shape index (κ3) is 10.1. The van der Waals surface area contributed by atoms with Crippen LogP contribution in [-0.4, -0.2) is 41.3 Å². The van der Waals surface area contributed by atoms with Gasteiger partial charge in [0.1, 0.15) is 0 Å². The smallest absolute Gasteiger partial charge is 0.311 e. The fourth-order valence-corrected chi connectivity index (χ4v) is 3.19. The highest BCUT2D eigenvalue weighted by atomic mass is 19.3. The Morgan fingerprint density at radius 2 is 1.42 bits per heavy atom. The highest BCUT2D eigenvalue weighted by Crippen LogP contribution is 2.42. The van der Waals surface area contributed by atoms with E-state index >= 15 is 0 Å². The van der Waals surface area contributed by atoms with Crippen molar-refractivity contribution in [1.29, 1.82) is 0 Å². The molecule has 1 saturated heterocycles. The number of ether oxygens (including phenoxy) is 1. The molecule has 2 amide bonds. The lowest BCUT2D eigenvalue weighted by atomic mass is 9.82. The largest absolute Gasteiger partial charge is 0.465 e. The molecule has 2 fully saturated rings. The summed E-state index contributed by atoms with van der Waals surface area (Å²) in [6, 6.07) is 0.232. The van der Waals surface area contributed by atoms with Crippen molar-refractivity contribution in [2.75, 3.05) is 6.61 Å². The van der Waals surface area contributed by atoms with Gasteiger partial charge in [-0.1, -0.05) is 63.8 Å². The quantitative estimate of drug-likeness (QED) is 0.279. The number of amides is 2. The standard InChI is InChI=1S/C12H19NO2.C10H18F2O2.4CH4/c1-4-12(2,3)11(15)13-9-7-5-6-8(9)10(13)14;1-5-9(2,3)8(13)14-7-6-10(4,11)12;;;;/h8-9H,4-7H2,1-3H3;5-7H2,1-4H3;4*1H4. The number of hydrogen-bond acceptors (Lipinski definition) is 4. The number of hydrogen-bond donors (Lipinski definition) is 0. The number of carbonyl (C=O) groups excluding carboxylic acids is 3. The molecule has 1 aliphatic carbocycles. The average molecular weight is 482 g/mol. The van der Waals surface area contributed by atoms with Crippen LogP contribution in [-0.2, 0) is 19.1 Å². The second-order valence-electron chi connectivity index (χ2n) is 9.55. The monoisotopic (exact) mass is 481 g/mol. The molecule has 0 aromatic carbocycles. The zero-order valence-corrected chi connectivity index (χ0v) is 18.9. The Morgan fingerprint density at radius 1 is 0.939 bits per heavy atom. The number of rotatable bonds is 7. The van der Waals surface area contributed by atoms with Crippen LogP contribution in [0.1, 0.15) is 117 Å². The van der Waals surface area contributed by atoms with E-state index in [1.54, 1.807) is 13.8 Å². The Morgan fingerprint density at radius 3 is 1.85 bits per heavy atom. The van der Waals surface area contributed by atoms with Crippen LogP contribution in [0.25, 0.3) is 0 Å². The lowest BCUT2D eigenvalue weighted by molar-refractivity contribution is -0.169. The number of esters is 1. The third-order valence-corrected chi connectivity index (χ3v) is 6.26. The molecule has 33 heavy (non-hydrogen) atoms. The third-order valence-electron chi connectivity index (χ3n) is 6.26. The summed E-state index contributed by atoms with van der Waals surface area (Å²) >= 11 is 0. The van der Waals surface area contributed by atoms with Gasteiger partial charge in [0.05, 0.1) is 24.0 Å². The summed E-state index contributed by atoms with van der Waals surface area (Å²) in [6.07, 6.45) is 4.10. The van der Waals surface area contributed by atoms with Crippen LogP contribution in [0.2, 0.25) is 0 Å². The first kappa shape index (κ1) is 38.7. The Kier molecular flexibility index (Phi) is 17.2. The SMILES string of the molecule is C.C.C.C.CCC(C)(C)C(=O)N1C(=O)C2CCCC21.CCC(C)(C)C(=O)OCCC(C)(F)F. The van der Waals surface area contributed by atoms with Crippen LogP contribution in [0, 0.1) is 16.7 Å². The van der Waals surface area contributed by atoms with Gasteiger partial charge in [0.2, 0.25) is 17.7 Å². The minimum atomic E-state index is -2.77. The summed E-state index contributed by atoms with van der Waals surface area (Å²) in [4.78, 5) is 36.7. The lowest BCUT2D eigenvalue weighted by Gasteiger charge is -2.45. The molecule has 5 nitrogen and oxygen atoms in total. The summed E-state index contributed by atoms with van der Waals surface area (Å²) in [5.74, 6) is -2.91. The van der Waals surface area contributed by atoms with Crippen LogP contribution < -0.4 is 0 Å². The zero-order chi connectivity index (χ0) is 22.6. The number of carbonyl (C=O) groups is 3. The van der Waals surface area contributed by atoms with Crippen molar-refractivity contribution < 1.29 is 27.9 Å². The van der Waals surface area contributed by atoms with Crippen LogP contribution in [0.3, 0.4) is 0 Å². The van der Waals surface area contributed by atoms with Gasteiger partial charge in [-0.25, -0.2) is 8.78 Å². The summed E-state index contributed by atoms with van der Waals surface area (Å²) in [6.45, 7) is 11.8. The number of imide groups is 1. The van der Waals surface area contributed by atoms with Gasteiger partial charge >= 0.3 is 5.97 Å². The van der Waals surface area contributed by atoms with Crippen LogP contribution in [0.15, 0.2) is 0 Å². The van der Waals surface area contributed by atoms with Crippen molar-refractivity contribution in [3.63, 3.8) is 0 Å². The second-order valence-corrected chi connectivity index (χ2v) is 9.55. The Balaban J connectivity index is -0.000000228. The first-order valence-corrected chi connectivity index (χ1v) is 10.6. The number of likely N-dealkylation sites (tertiary alicyclic amines) is 1. The molecule has 0 radical (unpaired) electrons. The first-order valence-electron chi connectivity index (χ1n) is 10.6. The van der Waals surface area contributed by atoms with E-state index in [9.17, 15) is 23.2 Å². The summed E-state index contributed by atoms with van der Waals surface area (Å²) < 4.78 is 29.5. The van der Waals surface area contributed by atoms with Gasteiger partial charge < -0.3 is 4.74 Å². The van der Waals surface area contributed by atoms with Crippen molar-refractivity contribution in [2.24, 2.45) is 16.7 Å². The van der Waals surface area contributed by atoms with Crippen LogP contribution in [0.4, 0.5) is 8.78 Å². The molecular formula is C26H53F2NO4. The minimum Gasteiger partial charge on any atom is -0.465 e. The van der Waals surface area contributed by atoms with Gasteiger partial charge in [-0.15, -0.1) is 0 Å². The normalized spacial score (nSPS) is 19.1. The van der Waals surface area contributed by atoms with Crippen LogP contribution in [0.5, 0.6) is 0 Å². The molecular weight excluding hydrogens is 428 g/mol. The zero-order valence-electron chi connectivity index (χ0n) is 18.9. The Bertz CT molecular complexity index is 612. The Hall–Kier alpha value is -1.53. The molecule has 2 unspecified atom stereocenters. The lowest BCUT2D eigenvalue weighted by Crippen LogP contribution is -2.63. The molecule has 0 aromatic heterocycles. The molecule has 2 atom stereocenters. The highest BCUT2D eigenvalue weighted by molar-refractivity contribution is 6.04. The molecule has 0 aromatic rings. The van der Waals surface area contributed by atoms with E-state index in [1.807, 2.05) is 27.7 Å². The second kappa shape index (κ2) is 14.7. The van der Waals surface area contributed by atoms with E-state index in [0.29, 0.717) is 6.42 Å². The van der Waals surface area contributed by atoms with E-state index in [4.69, 9.17) is 4.74 Å². The molecule has 1 heterocycles. The fraction of sp³-hybridized carbons (Fsp3) is 0.885. The minimum absolute atomic E-state index is 0. The van der Waals surface area contributed by atoms with E-state index in [2.05, 4.69) is 0 Å². The maximum absolute atomic E-state index is 12.4. The number of alkyl halides is 2. The van der Waals surface area contributed by atoms with E-state index in [-0.39, 0.29) is 65.5 Å². The van der Waals surface area contributed by atoms with Gasteiger partial charge in [-0.05, 0) is 46.5 Å². The van der Waals surface area contributed by atoms with Crippen molar-refractivity contribution in [1.82, 2.24) is 4.90 Å². The molecule has 2 aliphatic rings. The summed E-state index contributed by atoms with van der Waals surface area (Å²) in [5, 5.41) is 0. The number of fused-ring (bicyclic) bond motifs is 1. The molecule has 1 saturated carbocycles. The van der Waals surface area contributed by atoms with Crippen molar-refractivity contribution >= 4 is 17.8 Å². The first-order chi connectivity index (χ1) is 13.2. The number of halogens is 2. The topological polar surface area (TPSA) is 63.7 Å². The van der Waals surface area contributed by atoms with Crippen molar-refractivity contribution in [3.05, 3.63) is 0 Å². The van der Waals surface area contributed by atoms with Gasteiger partial charge in [0.15, 0.2) is 0 Å². The van der Waals surface area contributed by atoms with Crippen molar-refractivity contribution in [2.45, 2.75) is 129 Å². The van der Waals surface area contributed by atoms with Gasteiger partial charge in [-0.2, -0.15) is 0 Å². The molecule has 0 bridgehead atoms. The number of β-lactam (4-membered cyclic amide) rings is 1. The van der Waals surface area contributed by atoms with E-state index in [0.717, 1.165) is 32.6 Å². The van der Waals surface area contributed by atoms with Gasteiger partial charge in [0.25, 0.3) is 0 Å². The number of nitrogens with zero attached hydrogens (tertiary/aromatic N) is 1. The van der Waals surface area contributed by atoms with Crippen molar-refractivity contribution in [3.8, 4) is 0 Å². The Labute approximate surface area is 203 Å². The molecule has 200 valence electrons. The molecule has 0 N–H and O–H groups in total. The fourth-order valence-electron chi connectivity index (χ4n) is 3.19. The van der Waals surface area contributed by atoms with E-state index < -0.39 is 23.7 Å². The average Bonchev–Trinajstić information content (AvgIpc) is 3.05. The predicted molar refractivity (Wildman–Crippen MR) is 134 cm³/mol.